The minimum atomic E-state index is -0.416. The summed E-state index contributed by atoms with van der Waals surface area (Å²) < 4.78 is 5.31. The van der Waals surface area contributed by atoms with Crippen LogP contribution in [0.15, 0.2) is 41.5 Å². The number of carbonyl (C=O) groups excluding carboxylic acids is 1. The van der Waals surface area contributed by atoms with Crippen molar-refractivity contribution in [2.75, 3.05) is 6.61 Å². The zero-order chi connectivity index (χ0) is 18.5. The highest BCUT2D eigenvalue weighted by molar-refractivity contribution is 7.15. The summed E-state index contributed by atoms with van der Waals surface area (Å²) in [5.74, 6) is 0.00713. The number of benzene rings is 1. The summed E-state index contributed by atoms with van der Waals surface area (Å²) in [6, 6.07) is 10.5. The Balaban J connectivity index is 1.64. The lowest BCUT2D eigenvalue weighted by atomic mass is 10.2. The number of nitrogens with zero attached hydrogens (tertiary/aromatic N) is 2. The number of hydrazone groups is 1. The molecule has 3 aromatic rings. The van der Waals surface area contributed by atoms with Crippen LogP contribution in [0.25, 0.3) is 10.6 Å². The first-order valence-electron chi connectivity index (χ1n) is 7.98. The fourth-order valence-corrected chi connectivity index (χ4v) is 3.08. The number of aromatic amines is 1. The number of hydrogen-bond acceptors (Lipinski definition) is 6. The van der Waals surface area contributed by atoms with Gasteiger partial charge in [-0.25, -0.2) is 5.43 Å². The van der Waals surface area contributed by atoms with Crippen molar-refractivity contribution < 1.29 is 14.6 Å². The third-order valence-corrected chi connectivity index (χ3v) is 4.51. The Morgan fingerprint density at radius 3 is 2.96 bits per heavy atom. The van der Waals surface area contributed by atoms with Crippen LogP contribution in [0.1, 0.15) is 27.9 Å². The van der Waals surface area contributed by atoms with Gasteiger partial charge >= 0.3 is 0 Å². The molecule has 1 amide bonds. The summed E-state index contributed by atoms with van der Waals surface area (Å²) in [6.45, 7) is 4.29. The highest BCUT2D eigenvalue weighted by Gasteiger charge is 2.11. The summed E-state index contributed by atoms with van der Waals surface area (Å²) in [5.41, 5.74) is 4.16. The average Bonchev–Trinajstić information content (AvgIpc) is 3.27. The predicted molar refractivity (Wildman–Crippen MR) is 101 cm³/mol. The molecule has 8 heteroatoms. The number of aryl methyl sites for hydroxylation is 1. The molecule has 0 radical (unpaired) electrons. The summed E-state index contributed by atoms with van der Waals surface area (Å²) in [5, 5.41) is 20.5. The van der Waals surface area contributed by atoms with Crippen molar-refractivity contribution in [3.05, 3.63) is 52.5 Å². The number of nitrogens with one attached hydrogen (secondary N) is 2. The van der Waals surface area contributed by atoms with Crippen LogP contribution in [0.4, 0.5) is 0 Å². The highest BCUT2D eigenvalue weighted by Crippen LogP contribution is 2.27. The van der Waals surface area contributed by atoms with Gasteiger partial charge in [-0.15, -0.1) is 11.3 Å². The number of aromatic hydroxyl groups is 1. The smallest absolute Gasteiger partial charge is 0.291 e. The van der Waals surface area contributed by atoms with Gasteiger partial charge in [-0.2, -0.15) is 10.2 Å². The number of rotatable bonds is 6. The summed E-state index contributed by atoms with van der Waals surface area (Å²) in [7, 11) is 0. The van der Waals surface area contributed by atoms with Crippen LogP contribution in [-0.2, 0) is 0 Å². The third-order valence-electron chi connectivity index (χ3n) is 3.48. The van der Waals surface area contributed by atoms with Crippen LogP contribution < -0.4 is 10.2 Å². The maximum Gasteiger partial charge on any atom is 0.291 e. The van der Waals surface area contributed by atoms with E-state index in [-0.39, 0.29) is 11.4 Å². The molecule has 0 aliphatic heterocycles. The van der Waals surface area contributed by atoms with Crippen LogP contribution in [0.3, 0.4) is 0 Å². The van der Waals surface area contributed by atoms with Crippen molar-refractivity contribution in [3.8, 4) is 22.1 Å². The lowest BCUT2D eigenvalue weighted by molar-refractivity contribution is 0.0950. The number of phenols is 1. The number of phenolic OH excluding ortho intramolecular Hbond substituents is 1. The van der Waals surface area contributed by atoms with Crippen LogP contribution in [0, 0.1) is 6.92 Å². The Morgan fingerprint density at radius 2 is 2.23 bits per heavy atom. The van der Waals surface area contributed by atoms with Crippen molar-refractivity contribution in [1.82, 2.24) is 15.6 Å². The highest BCUT2D eigenvalue weighted by atomic mass is 32.1. The molecule has 3 N–H and O–H groups in total. The van der Waals surface area contributed by atoms with E-state index >= 15 is 0 Å². The Hall–Kier alpha value is -3.13. The number of ether oxygens (including phenoxy) is 1. The van der Waals surface area contributed by atoms with Crippen LogP contribution >= 0.6 is 11.3 Å². The molecule has 26 heavy (non-hydrogen) atoms. The molecule has 0 aliphatic rings. The molecule has 2 aromatic heterocycles. The average molecular weight is 370 g/mol. The van der Waals surface area contributed by atoms with Crippen molar-refractivity contribution >= 4 is 23.5 Å². The number of amides is 1. The van der Waals surface area contributed by atoms with Gasteiger partial charge in [-0.3, -0.25) is 9.89 Å². The first-order chi connectivity index (χ1) is 12.6. The van der Waals surface area contributed by atoms with Gasteiger partial charge in [0, 0.05) is 4.88 Å². The maximum atomic E-state index is 12.1. The number of H-pyrrole nitrogens is 1. The van der Waals surface area contributed by atoms with E-state index in [9.17, 15) is 9.90 Å². The number of carbonyl (C=O) groups is 1. The Labute approximate surface area is 154 Å². The van der Waals surface area contributed by atoms with Crippen molar-refractivity contribution in [2.24, 2.45) is 5.10 Å². The minimum absolute atomic E-state index is 0.0564. The topological polar surface area (TPSA) is 99.6 Å². The van der Waals surface area contributed by atoms with Crippen LogP contribution in [0.2, 0.25) is 0 Å². The molecule has 0 aliphatic carbocycles. The molecule has 0 unspecified atom stereocenters. The van der Waals surface area contributed by atoms with Gasteiger partial charge in [0.15, 0.2) is 17.2 Å². The van der Waals surface area contributed by atoms with E-state index in [0.29, 0.717) is 17.9 Å². The van der Waals surface area contributed by atoms with Crippen molar-refractivity contribution in [3.63, 3.8) is 0 Å². The normalized spacial score (nSPS) is 11.0. The fourth-order valence-electron chi connectivity index (χ4n) is 2.25. The Bertz CT molecular complexity index is 946. The summed E-state index contributed by atoms with van der Waals surface area (Å²) in [4.78, 5) is 14.3. The maximum absolute atomic E-state index is 12.1. The minimum Gasteiger partial charge on any atom is -0.504 e. The SMILES string of the molecule is CCOc1cc(C=NNC(=O)c2cc(-c3ccc(C)s3)[nH]n2)ccc1O. The molecular formula is C18H18N4O3S. The summed E-state index contributed by atoms with van der Waals surface area (Å²) in [6.07, 6.45) is 1.47. The zero-order valence-electron chi connectivity index (χ0n) is 14.3. The molecule has 2 heterocycles. The lowest BCUT2D eigenvalue weighted by Crippen LogP contribution is -2.18. The van der Waals surface area contributed by atoms with Gasteiger partial charge in [0.05, 0.1) is 23.4 Å². The van der Waals surface area contributed by atoms with E-state index in [0.717, 1.165) is 10.6 Å². The lowest BCUT2D eigenvalue weighted by Gasteiger charge is -2.05. The number of hydrogen-bond donors (Lipinski definition) is 3. The van der Waals surface area contributed by atoms with Gasteiger partial charge in [-0.1, -0.05) is 0 Å². The predicted octanol–water partition coefficient (Wildman–Crippen LogP) is 3.31. The molecule has 0 fully saturated rings. The second kappa shape index (κ2) is 7.83. The molecule has 0 spiro atoms. The van der Waals surface area contributed by atoms with Crippen molar-refractivity contribution in [1.29, 1.82) is 0 Å². The molecule has 1 aromatic carbocycles. The molecule has 3 rings (SSSR count). The quantitative estimate of drug-likeness (QED) is 0.458. The van der Waals surface area contributed by atoms with Crippen LogP contribution in [0.5, 0.6) is 11.5 Å². The molecular weight excluding hydrogens is 352 g/mol. The monoisotopic (exact) mass is 370 g/mol. The Kier molecular flexibility index (Phi) is 5.33. The molecule has 0 saturated carbocycles. The molecule has 0 saturated heterocycles. The van der Waals surface area contributed by atoms with E-state index in [2.05, 4.69) is 20.7 Å². The molecule has 7 nitrogen and oxygen atoms in total. The second-order valence-corrected chi connectivity index (χ2v) is 6.72. The van der Waals surface area contributed by atoms with E-state index in [1.54, 1.807) is 29.5 Å². The second-order valence-electron chi connectivity index (χ2n) is 5.44. The van der Waals surface area contributed by atoms with E-state index in [1.165, 1.54) is 17.2 Å². The van der Waals surface area contributed by atoms with Gasteiger partial charge < -0.3 is 9.84 Å². The van der Waals surface area contributed by atoms with Crippen molar-refractivity contribution in [2.45, 2.75) is 13.8 Å². The first kappa shape index (κ1) is 17.7. The Morgan fingerprint density at radius 1 is 1.38 bits per heavy atom. The van der Waals surface area contributed by atoms with E-state index in [1.807, 2.05) is 26.0 Å². The molecule has 0 bridgehead atoms. The largest absolute Gasteiger partial charge is 0.504 e. The van der Waals surface area contributed by atoms with E-state index in [4.69, 9.17) is 4.74 Å². The standard InChI is InChI=1S/C18H18N4O3S/c1-3-25-16-8-12(5-6-15(16)23)10-19-22-18(24)14-9-13(20-21-14)17-7-4-11(2)26-17/h4-10,23H,3H2,1-2H3,(H,20,21)(H,22,24). The van der Waals surface area contributed by atoms with Gasteiger partial charge in [-0.05, 0) is 55.8 Å². The summed E-state index contributed by atoms with van der Waals surface area (Å²) >= 11 is 1.62. The number of thiophene rings is 1. The van der Waals surface area contributed by atoms with E-state index < -0.39 is 5.91 Å². The fraction of sp³-hybridized carbons (Fsp3) is 0.167. The van der Waals surface area contributed by atoms with Gasteiger partial charge in [0.2, 0.25) is 0 Å². The molecule has 134 valence electrons. The van der Waals surface area contributed by atoms with Gasteiger partial charge in [0.1, 0.15) is 0 Å². The first-order valence-corrected chi connectivity index (χ1v) is 8.80. The zero-order valence-corrected chi connectivity index (χ0v) is 15.1. The number of aromatic nitrogens is 2. The molecule has 0 atom stereocenters. The van der Waals surface area contributed by atoms with Crippen LogP contribution in [-0.4, -0.2) is 34.0 Å². The van der Waals surface area contributed by atoms with Gasteiger partial charge in [0.25, 0.3) is 5.91 Å². The third kappa shape index (κ3) is 4.09.